The molecule has 0 unspecified atom stereocenters. The van der Waals surface area contributed by atoms with Crippen LogP contribution in [0.5, 0.6) is 5.75 Å². The quantitative estimate of drug-likeness (QED) is 0.595. The lowest BCUT2D eigenvalue weighted by Crippen LogP contribution is -1.83. The summed E-state index contributed by atoms with van der Waals surface area (Å²) >= 11 is 0. The maximum absolute atomic E-state index is 5.26. The average molecular weight is 174 g/mol. The van der Waals surface area contributed by atoms with E-state index in [1.807, 2.05) is 18.2 Å². The van der Waals surface area contributed by atoms with Gasteiger partial charge >= 0.3 is 0 Å². The Morgan fingerprint density at radius 2 is 1.67 bits per heavy atom. The fourth-order valence-corrected chi connectivity index (χ4v) is 1.55. The first-order valence-electron chi connectivity index (χ1n) is 3.93. The number of hydrogen-bond acceptors (Lipinski definition) is 1. The van der Waals surface area contributed by atoms with E-state index in [-0.39, 0.29) is 0 Å². The van der Waals surface area contributed by atoms with Crippen molar-refractivity contribution in [3.05, 3.63) is 42.5 Å². The Labute approximate surface area is 74.5 Å². The lowest BCUT2D eigenvalue weighted by molar-refractivity contribution is 0.617. The summed E-state index contributed by atoms with van der Waals surface area (Å²) in [4.78, 5) is 0. The Kier molecular flexibility index (Phi) is 1.84. The third-order valence-corrected chi connectivity index (χ3v) is 2.43. The Balaban J connectivity index is 2.67. The normalized spacial score (nSPS) is 10.3. The first-order valence-corrected chi connectivity index (χ1v) is 4.74. The van der Waals surface area contributed by atoms with Crippen LogP contribution < -0.4 is 4.43 Å². The minimum absolute atomic E-state index is 0.752. The first-order chi connectivity index (χ1) is 5.90. The summed E-state index contributed by atoms with van der Waals surface area (Å²) in [5.41, 5.74) is 0. The Morgan fingerprint density at radius 1 is 0.917 bits per heavy atom. The molecule has 2 heteroatoms. The van der Waals surface area contributed by atoms with E-state index in [0.29, 0.717) is 0 Å². The van der Waals surface area contributed by atoms with Gasteiger partial charge in [-0.2, -0.15) is 0 Å². The van der Waals surface area contributed by atoms with Crippen LogP contribution >= 0.6 is 0 Å². The lowest BCUT2D eigenvalue weighted by atomic mass is 10.1. The summed E-state index contributed by atoms with van der Waals surface area (Å²) in [6.07, 6.45) is 0. The maximum Gasteiger partial charge on any atom is 0.204 e. The zero-order chi connectivity index (χ0) is 8.39. The maximum atomic E-state index is 5.26. The molecular formula is C10H10OSi. The molecule has 0 saturated heterocycles. The zero-order valence-electron chi connectivity index (χ0n) is 6.95. The molecule has 0 aromatic heterocycles. The molecule has 60 valence electrons. The minimum Gasteiger partial charge on any atom is -0.553 e. The van der Waals surface area contributed by atoms with Gasteiger partial charge < -0.3 is 4.43 Å². The van der Waals surface area contributed by atoms with Crippen molar-refractivity contribution in [3.8, 4) is 5.75 Å². The van der Waals surface area contributed by atoms with Gasteiger partial charge in [0.05, 0.1) is 0 Å². The summed E-state index contributed by atoms with van der Waals surface area (Å²) in [5.74, 6) is 0.973. The van der Waals surface area contributed by atoms with E-state index >= 15 is 0 Å². The molecule has 1 nitrogen and oxygen atoms in total. The predicted molar refractivity (Wildman–Crippen MR) is 54.5 cm³/mol. The van der Waals surface area contributed by atoms with E-state index in [9.17, 15) is 0 Å². The van der Waals surface area contributed by atoms with Crippen LogP contribution in [-0.4, -0.2) is 10.5 Å². The summed E-state index contributed by atoms with van der Waals surface area (Å²) in [6, 6.07) is 14.5. The number of hydrogen-bond donors (Lipinski definition) is 0. The van der Waals surface area contributed by atoms with Gasteiger partial charge in [0.1, 0.15) is 5.75 Å². The SMILES string of the molecule is [SiH3]Oc1ccc2ccccc2c1. The van der Waals surface area contributed by atoms with Crippen molar-refractivity contribution in [3.63, 3.8) is 0 Å². The average Bonchev–Trinajstić information content (AvgIpc) is 2.17. The van der Waals surface area contributed by atoms with Crippen LogP contribution in [0.3, 0.4) is 0 Å². The highest BCUT2D eigenvalue weighted by Crippen LogP contribution is 2.19. The Bertz CT molecular complexity index is 398. The minimum atomic E-state index is 0.752. The molecule has 0 radical (unpaired) electrons. The molecule has 2 aromatic carbocycles. The Morgan fingerprint density at radius 3 is 2.42 bits per heavy atom. The first kappa shape index (κ1) is 7.37. The van der Waals surface area contributed by atoms with Crippen molar-refractivity contribution in [2.75, 3.05) is 0 Å². The fraction of sp³-hybridized carbons (Fsp3) is 0. The molecular weight excluding hydrogens is 164 g/mol. The van der Waals surface area contributed by atoms with Crippen LogP contribution in [0.15, 0.2) is 42.5 Å². The topological polar surface area (TPSA) is 9.23 Å². The summed E-state index contributed by atoms with van der Waals surface area (Å²) in [5, 5.41) is 2.51. The molecule has 0 spiro atoms. The zero-order valence-corrected chi connectivity index (χ0v) is 8.95. The van der Waals surface area contributed by atoms with Crippen molar-refractivity contribution >= 4 is 21.3 Å². The van der Waals surface area contributed by atoms with E-state index in [1.165, 1.54) is 10.8 Å². The van der Waals surface area contributed by atoms with Crippen LogP contribution in [-0.2, 0) is 0 Å². The highest BCUT2D eigenvalue weighted by molar-refractivity contribution is 6.00. The molecule has 0 atom stereocenters. The monoisotopic (exact) mass is 174 g/mol. The van der Waals surface area contributed by atoms with Crippen LogP contribution in [0.1, 0.15) is 0 Å². The van der Waals surface area contributed by atoms with Gasteiger partial charge in [-0.1, -0.05) is 30.3 Å². The second-order valence-corrected chi connectivity index (χ2v) is 3.12. The van der Waals surface area contributed by atoms with Crippen molar-refractivity contribution in [2.24, 2.45) is 0 Å². The molecule has 0 aliphatic heterocycles. The standard InChI is InChI=1S/C10H10OSi/c12-11-10-6-5-8-3-1-2-4-9(8)7-10/h1-7H,12H3. The van der Waals surface area contributed by atoms with E-state index in [0.717, 1.165) is 16.2 Å². The molecule has 0 saturated carbocycles. The second-order valence-electron chi connectivity index (χ2n) is 2.71. The second kappa shape index (κ2) is 2.99. The van der Waals surface area contributed by atoms with Gasteiger partial charge in [0.15, 0.2) is 0 Å². The van der Waals surface area contributed by atoms with Crippen molar-refractivity contribution in [1.29, 1.82) is 0 Å². The van der Waals surface area contributed by atoms with E-state index in [4.69, 9.17) is 4.43 Å². The van der Waals surface area contributed by atoms with E-state index < -0.39 is 0 Å². The fourth-order valence-electron chi connectivity index (χ4n) is 1.29. The van der Waals surface area contributed by atoms with Gasteiger partial charge in [-0.3, -0.25) is 0 Å². The van der Waals surface area contributed by atoms with Gasteiger partial charge in [0.25, 0.3) is 0 Å². The van der Waals surface area contributed by atoms with Crippen molar-refractivity contribution in [2.45, 2.75) is 0 Å². The lowest BCUT2D eigenvalue weighted by Gasteiger charge is -2.01. The largest absolute Gasteiger partial charge is 0.553 e. The Hall–Kier alpha value is -1.28. The highest BCUT2D eigenvalue weighted by atomic mass is 28.2. The number of rotatable bonds is 1. The van der Waals surface area contributed by atoms with Crippen molar-refractivity contribution in [1.82, 2.24) is 0 Å². The number of fused-ring (bicyclic) bond motifs is 1. The molecule has 0 aliphatic carbocycles. The molecule has 0 bridgehead atoms. The molecule has 0 aliphatic rings. The van der Waals surface area contributed by atoms with Crippen LogP contribution in [0.25, 0.3) is 10.8 Å². The molecule has 0 amide bonds. The smallest absolute Gasteiger partial charge is 0.204 e. The molecule has 12 heavy (non-hydrogen) atoms. The third-order valence-electron chi connectivity index (χ3n) is 1.96. The van der Waals surface area contributed by atoms with Gasteiger partial charge in [0.2, 0.25) is 10.5 Å². The summed E-state index contributed by atoms with van der Waals surface area (Å²) in [6.45, 7) is 0. The summed E-state index contributed by atoms with van der Waals surface area (Å²) < 4.78 is 5.26. The summed E-state index contributed by atoms with van der Waals surface area (Å²) in [7, 11) is 0.752. The molecule has 0 heterocycles. The van der Waals surface area contributed by atoms with Crippen LogP contribution in [0.2, 0.25) is 0 Å². The third kappa shape index (κ3) is 1.21. The molecule has 2 rings (SSSR count). The van der Waals surface area contributed by atoms with Crippen LogP contribution in [0, 0.1) is 0 Å². The van der Waals surface area contributed by atoms with Gasteiger partial charge in [-0.05, 0) is 22.9 Å². The molecule has 2 aromatic rings. The van der Waals surface area contributed by atoms with E-state index in [2.05, 4.69) is 24.3 Å². The molecule has 0 N–H and O–H groups in total. The number of benzene rings is 2. The highest BCUT2D eigenvalue weighted by Gasteiger charge is 1.92. The van der Waals surface area contributed by atoms with Crippen LogP contribution in [0.4, 0.5) is 0 Å². The van der Waals surface area contributed by atoms with Gasteiger partial charge in [-0.15, -0.1) is 0 Å². The van der Waals surface area contributed by atoms with E-state index in [1.54, 1.807) is 0 Å². The predicted octanol–water partition coefficient (Wildman–Crippen LogP) is 1.50. The van der Waals surface area contributed by atoms with Gasteiger partial charge in [0, 0.05) is 0 Å². The molecule has 0 fully saturated rings. The van der Waals surface area contributed by atoms with Crippen molar-refractivity contribution < 1.29 is 4.43 Å². The van der Waals surface area contributed by atoms with Gasteiger partial charge in [-0.25, -0.2) is 0 Å².